The van der Waals surface area contributed by atoms with E-state index in [2.05, 4.69) is 45.0 Å². The maximum absolute atomic E-state index is 9.65. The molecule has 3 unspecified atom stereocenters. The molecule has 1 rings (SSSR count). The Hall–Kier alpha value is -0.120. The van der Waals surface area contributed by atoms with Gasteiger partial charge >= 0.3 is 0 Å². The van der Waals surface area contributed by atoms with Crippen LogP contribution in [0.15, 0.2) is 0 Å². The first-order chi connectivity index (χ1) is 8.41. The fourth-order valence-electron chi connectivity index (χ4n) is 2.74. The van der Waals surface area contributed by atoms with Gasteiger partial charge in [-0.1, -0.05) is 13.3 Å². The van der Waals surface area contributed by atoms with E-state index in [4.69, 9.17) is 0 Å². The molecule has 1 saturated carbocycles. The van der Waals surface area contributed by atoms with Crippen molar-refractivity contribution in [3.05, 3.63) is 0 Å². The van der Waals surface area contributed by atoms with Crippen LogP contribution in [0.3, 0.4) is 0 Å². The van der Waals surface area contributed by atoms with Crippen LogP contribution >= 0.6 is 0 Å². The SMILES string of the molecule is CCCC(C)N(C)C(C)CC(C)(CO)NC1CC1. The molecule has 0 aliphatic heterocycles. The van der Waals surface area contributed by atoms with Crippen LogP contribution in [0.25, 0.3) is 0 Å². The smallest absolute Gasteiger partial charge is 0.0611 e. The van der Waals surface area contributed by atoms with Crippen molar-refractivity contribution in [1.82, 2.24) is 10.2 Å². The van der Waals surface area contributed by atoms with Crippen molar-refractivity contribution in [3.63, 3.8) is 0 Å². The lowest BCUT2D eigenvalue weighted by Gasteiger charge is -2.38. The molecule has 0 saturated heterocycles. The van der Waals surface area contributed by atoms with Crippen LogP contribution in [-0.2, 0) is 0 Å². The molecule has 3 heteroatoms. The van der Waals surface area contributed by atoms with Gasteiger partial charge in [-0.25, -0.2) is 0 Å². The van der Waals surface area contributed by atoms with Crippen LogP contribution in [0.1, 0.15) is 59.8 Å². The van der Waals surface area contributed by atoms with Crippen LogP contribution in [0, 0.1) is 0 Å². The van der Waals surface area contributed by atoms with E-state index in [1.807, 2.05) is 0 Å². The minimum absolute atomic E-state index is 0.124. The van der Waals surface area contributed by atoms with E-state index in [-0.39, 0.29) is 12.1 Å². The van der Waals surface area contributed by atoms with Crippen LogP contribution in [-0.4, -0.2) is 47.3 Å². The van der Waals surface area contributed by atoms with Gasteiger partial charge in [0.2, 0.25) is 0 Å². The number of rotatable bonds is 9. The summed E-state index contributed by atoms with van der Waals surface area (Å²) in [6.07, 6.45) is 6.02. The average Bonchev–Trinajstić information content (AvgIpc) is 3.11. The molecule has 0 aromatic rings. The zero-order valence-electron chi connectivity index (χ0n) is 12.9. The maximum Gasteiger partial charge on any atom is 0.0611 e. The monoisotopic (exact) mass is 256 g/mol. The van der Waals surface area contributed by atoms with E-state index >= 15 is 0 Å². The van der Waals surface area contributed by atoms with Crippen LogP contribution in [0.5, 0.6) is 0 Å². The van der Waals surface area contributed by atoms with Crippen LogP contribution in [0.4, 0.5) is 0 Å². The van der Waals surface area contributed by atoms with Crippen LogP contribution in [0.2, 0.25) is 0 Å². The van der Waals surface area contributed by atoms with Gasteiger partial charge in [-0.3, -0.25) is 0 Å². The Morgan fingerprint density at radius 3 is 2.39 bits per heavy atom. The summed E-state index contributed by atoms with van der Waals surface area (Å²) in [4.78, 5) is 2.45. The molecule has 0 spiro atoms. The Morgan fingerprint density at radius 2 is 1.94 bits per heavy atom. The van der Waals surface area contributed by atoms with E-state index in [0.29, 0.717) is 18.1 Å². The van der Waals surface area contributed by atoms with Gasteiger partial charge in [0.25, 0.3) is 0 Å². The van der Waals surface area contributed by atoms with Gasteiger partial charge in [0.1, 0.15) is 0 Å². The van der Waals surface area contributed by atoms with Gasteiger partial charge in [0, 0.05) is 23.7 Å². The fraction of sp³-hybridized carbons (Fsp3) is 1.00. The number of aliphatic hydroxyl groups is 1. The normalized spacial score (nSPS) is 22.8. The van der Waals surface area contributed by atoms with E-state index in [1.165, 1.54) is 25.7 Å². The second-order valence-electron chi connectivity index (χ2n) is 6.49. The summed E-state index contributed by atoms with van der Waals surface area (Å²) in [7, 11) is 2.21. The summed E-state index contributed by atoms with van der Waals surface area (Å²) in [5.74, 6) is 0. The highest BCUT2D eigenvalue weighted by molar-refractivity contribution is 4.94. The second kappa shape index (κ2) is 6.88. The molecular formula is C15H32N2O. The quantitative estimate of drug-likeness (QED) is 0.665. The predicted octanol–water partition coefficient (Wildman–Crippen LogP) is 2.39. The summed E-state index contributed by atoms with van der Waals surface area (Å²) in [5.41, 5.74) is -0.124. The van der Waals surface area contributed by atoms with E-state index in [9.17, 15) is 5.11 Å². The fourth-order valence-corrected chi connectivity index (χ4v) is 2.74. The Bertz CT molecular complexity index is 243. The van der Waals surface area contributed by atoms with E-state index in [0.717, 1.165) is 6.42 Å². The summed E-state index contributed by atoms with van der Waals surface area (Å²) in [6.45, 7) is 9.19. The summed E-state index contributed by atoms with van der Waals surface area (Å²) >= 11 is 0. The Labute approximate surface area is 113 Å². The van der Waals surface area contributed by atoms with Gasteiger partial charge in [0.05, 0.1) is 6.61 Å². The van der Waals surface area contributed by atoms with Crippen molar-refractivity contribution >= 4 is 0 Å². The molecule has 0 heterocycles. The first-order valence-electron chi connectivity index (χ1n) is 7.52. The molecule has 2 N–H and O–H groups in total. The highest BCUT2D eigenvalue weighted by Crippen LogP contribution is 2.26. The second-order valence-corrected chi connectivity index (χ2v) is 6.49. The molecule has 1 aliphatic carbocycles. The van der Waals surface area contributed by atoms with Crippen molar-refractivity contribution in [2.75, 3.05) is 13.7 Å². The van der Waals surface area contributed by atoms with Gasteiger partial charge in [0.15, 0.2) is 0 Å². The standard InChI is InChI=1S/C15H32N2O/c1-6-7-12(2)17(5)13(3)10-15(4,11-18)16-14-8-9-14/h12-14,16,18H,6-11H2,1-5H3. The minimum Gasteiger partial charge on any atom is -0.394 e. The summed E-state index contributed by atoms with van der Waals surface area (Å²) in [6, 6.07) is 1.76. The molecule has 0 radical (unpaired) electrons. The van der Waals surface area contributed by atoms with E-state index < -0.39 is 0 Å². The minimum atomic E-state index is -0.124. The van der Waals surface area contributed by atoms with Gasteiger partial charge in [-0.15, -0.1) is 0 Å². The van der Waals surface area contributed by atoms with Crippen molar-refractivity contribution < 1.29 is 5.11 Å². The highest BCUT2D eigenvalue weighted by atomic mass is 16.3. The molecular weight excluding hydrogens is 224 g/mol. The molecule has 3 nitrogen and oxygen atoms in total. The number of hydrogen-bond donors (Lipinski definition) is 2. The van der Waals surface area contributed by atoms with Crippen molar-refractivity contribution in [2.45, 2.75) is 83.5 Å². The number of nitrogens with one attached hydrogen (secondary N) is 1. The lowest BCUT2D eigenvalue weighted by atomic mass is 9.93. The topological polar surface area (TPSA) is 35.5 Å². The van der Waals surface area contributed by atoms with E-state index in [1.54, 1.807) is 0 Å². The molecule has 108 valence electrons. The summed E-state index contributed by atoms with van der Waals surface area (Å²) < 4.78 is 0. The number of hydrogen-bond acceptors (Lipinski definition) is 3. The largest absolute Gasteiger partial charge is 0.394 e. The highest BCUT2D eigenvalue weighted by Gasteiger charge is 2.34. The number of nitrogens with zero attached hydrogens (tertiary/aromatic N) is 1. The third-order valence-corrected chi connectivity index (χ3v) is 4.32. The third kappa shape index (κ3) is 4.87. The Kier molecular flexibility index (Phi) is 6.09. The molecule has 0 aromatic heterocycles. The average molecular weight is 256 g/mol. The zero-order valence-corrected chi connectivity index (χ0v) is 12.9. The Morgan fingerprint density at radius 1 is 1.33 bits per heavy atom. The summed E-state index contributed by atoms with van der Waals surface area (Å²) in [5, 5.41) is 13.3. The molecule has 0 bridgehead atoms. The maximum atomic E-state index is 9.65. The Balaban J connectivity index is 2.46. The lowest BCUT2D eigenvalue weighted by Crippen LogP contribution is -2.52. The van der Waals surface area contributed by atoms with Crippen molar-refractivity contribution in [1.29, 1.82) is 0 Å². The first kappa shape index (κ1) is 15.9. The van der Waals surface area contributed by atoms with Crippen molar-refractivity contribution in [2.24, 2.45) is 0 Å². The number of aliphatic hydroxyl groups excluding tert-OH is 1. The molecule has 0 amide bonds. The lowest BCUT2D eigenvalue weighted by molar-refractivity contribution is 0.106. The molecule has 18 heavy (non-hydrogen) atoms. The molecule has 1 fully saturated rings. The van der Waals surface area contributed by atoms with Gasteiger partial charge in [-0.05, 0) is 53.5 Å². The molecule has 3 atom stereocenters. The zero-order chi connectivity index (χ0) is 13.8. The molecule has 1 aliphatic rings. The first-order valence-corrected chi connectivity index (χ1v) is 7.52. The third-order valence-electron chi connectivity index (χ3n) is 4.32. The van der Waals surface area contributed by atoms with Gasteiger partial charge < -0.3 is 15.3 Å². The van der Waals surface area contributed by atoms with Gasteiger partial charge in [-0.2, -0.15) is 0 Å². The predicted molar refractivity (Wildman–Crippen MR) is 77.9 cm³/mol. The molecule has 0 aromatic carbocycles. The van der Waals surface area contributed by atoms with Crippen molar-refractivity contribution in [3.8, 4) is 0 Å². The van der Waals surface area contributed by atoms with Crippen LogP contribution < -0.4 is 5.32 Å².